The van der Waals surface area contributed by atoms with E-state index in [2.05, 4.69) is 4.72 Å². The molecule has 1 spiro atoms. The topological polar surface area (TPSA) is 84.9 Å². The van der Waals surface area contributed by atoms with Crippen LogP contribution in [0.25, 0.3) is 0 Å². The number of nitrogens with one attached hydrogen (secondary N) is 1. The minimum atomic E-state index is -3.36. The molecule has 8 heteroatoms. The summed E-state index contributed by atoms with van der Waals surface area (Å²) < 4.78 is 35.4. The molecule has 0 aromatic carbocycles. The molecule has 1 N–H and O–H groups in total. The van der Waals surface area contributed by atoms with Gasteiger partial charge >= 0.3 is 0 Å². The lowest BCUT2D eigenvalue weighted by atomic mass is 9.97. The van der Waals surface area contributed by atoms with Crippen molar-refractivity contribution in [2.24, 2.45) is 0 Å². The van der Waals surface area contributed by atoms with Gasteiger partial charge in [0.15, 0.2) is 0 Å². The summed E-state index contributed by atoms with van der Waals surface area (Å²) in [5, 5.41) is 0. The van der Waals surface area contributed by atoms with Gasteiger partial charge in [0.05, 0.1) is 19.3 Å². The number of ether oxygens (including phenoxy) is 2. The highest BCUT2D eigenvalue weighted by Gasteiger charge is 2.51. The maximum Gasteiger partial charge on any atom is 0.237 e. The lowest BCUT2D eigenvalue weighted by molar-refractivity contribution is -0.130. The summed E-state index contributed by atoms with van der Waals surface area (Å²) in [4.78, 5) is 13.6. The lowest BCUT2D eigenvalue weighted by Crippen LogP contribution is -2.43. The highest BCUT2D eigenvalue weighted by atomic mass is 32.2. The van der Waals surface area contributed by atoms with E-state index in [1.165, 1.54) is 0 Å². The summed E-state index contributed by atoms with van der Waals surface area (Å²) in [5.74, 6) is -0.250. The van der Waals surface area contributed by atoms with Gasteiger partial charge in [-0.2, -0.15) is 0 Å². The molecule has 2 rings (SSSR count). The van der Waals surface area contributed by atoms with Gasteiger partial charge in [-0.1, -0.05) is 0 Å². The van der Waals surface area contributed by atoms with Gasteiger partial charge in [-0.25, -0.2) is 13.1 Å². The van der Waals surface area contributed by atoms with Crippen molar-refractivity contribution in [2.45, 2.75) is 24.5 Å². The van der Waals surface area contributed by atoms with Crippen molar-refractivity contribution in [1.82, 2.24) is 9.62 Å². The Morgan fingerprint density at radius 2 is 2.32 bits per heavy atom. The van der Waals surface area contributed by atoms with E-state index >= 15 is 0 Å². The van der Waals surface area contributed by atoms with E-state index in [0.717, 1.165) is 19.1 Å². The molecule has 7 nitrogen and oxygen atoms in total. The van der Waals surface area contributed by atoms with Crippen molar-refractivity contribution >= 4 is 15.9 Å². The maximum atomic E-state index is 12.0. The van der Waals surface area contributed by atoms with Crippen LogP contribution in [0.1, 0.15) is 12.8 Å². The molecular weight excluding hydrogens is 272 g/mol. The summed E-state index contributed by atoms with van der Waals surface area (Å²) >= 11 is 0. The predicted octanol–water partition coefficient (Wildman–Crippen LogP) is -1.06. The summed E-state index contributed by atoms with van der Waals surface area (Å²) in [6.45, 7) is 1.38. The van der Waals surface area contributed by atoms with Gasteiger partial charge in [0.25, 0.3) is 0 Å². The highest BCUT2D eigenvalue weighted by Crippen LogP contribution is 2.36. The molecular formula is C11H20N2O5S. The van der Waals surface area contributed by atoms with Crippen LogP contribution in [0.3, 0.4) is 0 Å². The van der Waals surface area contributed by atoms with Crippen molar-refractivity contribution < 1.29 is 22.7 Å². The average molecular weight is 292 g/mol. The summed E-state index contributed by atoms with van der Waals surface area (Å²) in [6.07, 6.45) is 2.72. The summed E-state index contributed by atoms with van der Waals surface area (Å²) in [5.41, 5.74) is -0.407. The number of carbonyl (C=O) groups excluding carboxylic acids is 1. The zero-order valence-corrected chi connectivity index (χ0v) is 12.0. The number of likely N-dealkylation sites (tertiary alicyclic amines) is 1. The fourth-order valence-corrected chi connectivity index (χ4v) is 3.12. The van der Waals surface area contributed by atoms with Crippen LogP contribution in [0, 0.1) is 0 Å². The molecule has 2 atom stereocenters. The van der Waals surface area contributed by atoms with Crippen molar-refractivity contribution in [3.8, 4) is 0 Å². The van der Waals surface area contributed by atoms with E-state index in [1.54, 1.807) is 12.0 Å². The average Bonchev–Trinajstić information content (AvgIpc) is 2.94. The smallest absolute Gasteiger partial charge is 0.237 e. The normalized spacial score (nSPS) is 31.3. The van der Waals surface area contributed by atoms with Gasteiger partial charge in [-0.05, 0) is 12.8 Å². The Balaban J connectivity index is 1.97. The molecule has 2 heterocycles. The van der Waals surface area contributed by atoms with Crippen LogP contribution in [0.2, 0.25) is 0 Å². The van der Waals surface area contributed by atoms with Crippen LogP contribution in [0.4, 0.5) is 0 Å². The Morgan fingerprint density at radius 3 is 2.84 bits per heavy atom. The Hall–Kier alpha value is -0.700. The second-order valence-electron chi connectivity index (χ2n) is 5.11. The molecule has 2 fully saturated rings. The van der Waals surface area contributed by atoms with Crippen molar-refractivity contribution in [3.05, 3.63) is 0 Å². The molecule has 2 aliphatic rings. The number of methoxy groups -OCH3 is 1. The molecule has 19 heavy (non-hydrogen) atoms. The largest absolute Gasteiger partial charge is 0.377 e. The number of sulfonamides is 1. The molecule has 0 saturated carbocycles. The zero-order chi connectivity index (χ0) is 14.1. The second kappa shape index (κ2) is 5.35. The lowest BCUT2D eigenvalue weighted by Gasteiger charge is -2.27. The molecule has 0 aromatic rings. The van der Waals surface area contributed by atoms with Gasteiger partial charge in [-0.15, -0.1) is 0 Å². The predicted molar refractivity (Wildman–Crippen MR) is 68.1 cm³/mol. The van der Waals surface area contributed by atoms with Crippen LogP contribution in [-0.2, 0) is 24.3 Å². The first-order valence-electron chi connectivity index (χ1n) is 6.25. The Labute approximate surface area is 113 Å². The number of rotatable bonds is 4. The van der Waals surface area contributed by atoms with Crippen LogP contribution < -0.4 is 4.72 Å². The monoisotopic (exact) mass is 292 g/mol. The maximum absolute atomic E-state index is 12.0. The third kappa shape index (κ3) is 3.25. The fourth-order valence-electron chi connectivity index (χ4n) is 2.74. The van der Waals surface area contributed by atoms with Crippen LogP contribution >= 0.6 is 0 Å². The van der Waals surface area contributed by atoms with E-state index in [1.807, 2.05) is 0 Å². The molecule has 2 aliphatic heterocycles. The Morgan fingerprint density at radius 1 is 1.58 bits per heavy atom. The third-order valence-corrected chi connectivity index (χ3v) is 4.36. The van der Waals surface area contributed by atoms with Crippen molar-refractivity contribution in [2.75, 3.05) is 39.6 Å². The molecule has 110 valence electrons. The summed E-state index contributed by atoms with van der Waals surface area (Å²) in [6, 6.07) is 0. The minimum Gasteiger partial charge on any atom is -0.377 e. The number of nitrogens with zero attached hydrogens (tertiary/aromatic N) is 1. The van der Waals surface area contributed by atoms with E-state index in [4.69, 9.17) is 9.47 Å². The molecule has 0 radical (unpaired) electrons. The minimum absolute atomic E-state index is 0.141. The van der Waals surface area contributed by atoms with Crippen molar-refractivity contribution in [1.29, 1.82) is 0 Å². The molecule has 0 unspecified atom stereocenters. The van der Waals surface area contributed by atoms with Gasteiger partial charge in [0.2, 0.25) is 15.9 Å². The van der Waals surface area contributed by atoms with Gasteiger partial charge in [0.1, 0.15) is 11.7 Å². The van der Waals surface area contributed by atoms with Crippen LogP contribution in [0.15, 0.2) is 0 Å². The highest BCUT2D eigenvalue weighted by molar-refractivity contribution is 7.88. The molecule has 1 amide bonds. The van der Waals surface area contributed by atoms with E-state index < -0.39 is 15.6 Å². The SMILES string of the molecule is CO[C@H]1CN(C(=O)CNS(C)(=O)=O)C[C@@]12CCCO2. The molecule has 0 aromatic heterocycles. The Bertz CT molecular complexity index is 444. The van der Waals surface area contributed by atoms with Crippen molar-refractivity contribution in [3.63, 3.8) is 0 Å². The first kappa shape index (κ1) is 14.7. The zero-order valence-electron chi connectivity index (χ0n) is 11.2. The van der Waals surface area contributed by atoms with Gasteiger partial charge in [-0.3, -0.25) is 4.79 Å². The van der Waals surface area contributed by atoms with Gasteiger partial charge in [0, 0.05) is 20.3 Å². The van der Waals surface area contributed by atoms with E-state index in [9.17, 15) is 13.2 Å². The van der Waals surface area contributed by atoms with E-state index in [0.29, 0.717) is 19.7 Å². The van der Waals surface area contributed by atoms with Crippen LogP contribution in [-0.4, -0.2) is 70.5 Å². The standard InChI is InChI=1S/C11H20N2O5S/c1-17-9-7-13(8-11(9)4-3-5-18-11)10(14)6-12-19(2,15)16/h9,12H,3-8H2,1-2H3/t9-,11-/m0/s1. The molecule has 2 saturated heterocycles. The number of carbonyl (C=O) groups is 1. The molecule has 0 aliphatic carbocycles. The van der Waals surface area contributed by atoms with E-state index in [-0.39, 0.29) is 18.6 Å². The second-order valence-corrected chi connectivity index (χ2v) is 6.94. The molecule has 0 bridgehead atoms. The van der Waals surface area contributed by atoms with Gasteiger partial charge < -0.3 is 14.4 Å². The third-order valence-electron chi connectivity index (χ3n) is 3.69. The fraction of sp³-hybridized carbons (Fsp3) is 0.909. The number of amides is 1. The quantitative estimate of drug-likeness (QED) is 0.714. The Kier molecular flexibility index (Phi) is 4.14. The summed E-state index contributed by atoms with van der Waals surface area (Å²) in [7, 11) is -1.75. The first-order chi connectivity index (χ1) is 8.86. The number of hydrogen-bond acceptors (Lipinski definition) is 5. The number of hydrogen-bond donors (Lipinski definition) is 1. The first-order valence-corrected chi connectivity index (χ1v) is 8.15. The van der Waals surface area contributed by atoms with Crippen LogP contribution in [0.5, 0.6) is 0 Å².